The van der Waals surface area contributed by atoms with Crippen LogP contribution in [0.25, 0.3) is 0 Å². The van der Waals surface area contributed by atoms with Crippen molar-refractivity contribution in [1.29, 1.82) is 0 Å². The Morgan fingerprint density at radius 3 is 2.12 bits per heavy atom. The zero-order valence-corrected chi connectivity index (χ0v) is 11.3. The number of aryl methyl sites for hydroxylation is 1. The van der Waals surface area contributed by atoms with Gasteiger partial charge in [-0.2, -0.15) is 0 Å². The molecule has 0 aromatic heterocycles. The first-order valence-electron chi connectivity index (χ1n) is 5.87. The van der Waals surface area contributed by atoms with Crippen molar-refractivity contribution < 1.29 is 8.42 Å². The highest BCUT2D eigenvalue weighted by Gasteiger charge is 2.36. The molecule has 1 aliphatic rings. The third-order valence-electron chi connectivity index (χ3n) is 3.44. The van der Waals surface area contributed by atoms with Crippen LogP contribution in [0.3, 0.4) is 0 Å². The van der Waals surface area contributed by atoms with E-state index < -0.39 is 9.84 Å². The van der Waals surface area contributed by atoms with E-state index in [9.17, 15) is 8.42 Å². The lowest BCUT2D eigenvalue weighted by atomic mass is 9.88. The van der Waals surface area contributed by atoms with Gasteiger partial charge in [0.05, 0.1) is 10.1 Å². The van der Waals surface area contributed by atoms with Crippen LogP contribution in [-0.4, -0.2) is 13.7 Å². The molecule has 0 aliphatic heterocycles. The van der Waals surface area contributed by atoms with Crippen molar-refractivity contribution in [2.75, 3.05) is 0 Å². The van der Waals surface area contributed by atoms with E-state index in [1.807, 2.05) is 32.9 Å². The fourth-order valence-corrected chi connectivity index (χ4v) is 3.78. The molecule has 1 aliphatic carbocycles. The second-order valence-electron chi connectivity index (χ2n) is 4.99. The zero-order valence-electron chi connectivity index (χ0n) is 10.5. The monoisotopic (exact) mass is 250 g/mol. The third kappa shape index (κ3) is 2.29. The van der Waals surface area contributed by atoms with Gasteiger partial charge in [-0.05, 0) is 45.7 Å². The minimum atomic E-state index is -3.12. The summed E-state index contributed by atoms with van der Waals surface area (Å²) < 4.78 is 24.5. The molecule has 0 heterocycles. The van der Waals surface area contributed by atoms with Gasteiger partial charge in [-0.3, -0.25) is 0 Å². The summed E-state index contributed by atoms with van der Waals surface area (Å²) in [5.41, 5.74) is 3.65. The fraction of sp³-hybridized carbons (Fsp3) is 0.429. The quantitative estimate of drug-likeness (QED) is 0.755. The Kier molecular flexibility index (Phi) is 3.13. The van der Waals surface area contributed by atoms with Crippen molar-refractivity contribution >= 4 is 9.84 Å². The van der Waals surface area contributed by atoms with E-state index in [0.717, 1.165) is 5.56 Å². The van der Waals surface area contributed by atoms with Crippen molar-refractivity contribution in [3.63, 3.8) is 0 Å². The Hall–Kier alpha value is -1.09. The van der Waals surface area contributed by atoms with Gasteiger partial charge in [-0.15, -0.1) is 0 Å². The van der Waals surface area contributed by atoms with Crippen LogP contribution >= 0.6 is 0 Å². The SMILES string of the molecule is CC(C)=C1CC(S(=O)(=O)c2ccc(C)cc2)C1. The molecule has 0 radical (unpaired) electrons. The molecular weight excluding hydrogens is 232 g/mol. The molecule has 92 valence electrons. The first kappa shape index (κ1) is 12.4. The number of rotatable bonds is 2. The number of sulfone groups is 1. The Bertz CT molecular complexity index is 538. The average Bonchev–Trinajstić information content (AvgIpc) is 2.14. The Morgan fingerprint density at radius 2 is 1.65 bits per heavy atom. The van der Waals surface area contributed by atoms with Crippen LogP contribution in [0.1, 0.15) is 32.3 Å². The van der Waals surface area contributed by atoms with Crippen LogP contribution in [0.4, 0.5) is 0 Å². The van der Waals surface area contributed by atoms with Crippen LogP contribution in [0, 0.1) is 6.92 Å². The lowest BCUT2D eigenvalue weighted by Gasteiger charge is -2.30. The first-order valence-corrected chi connectivity index (χ1v) is 7.41. The predicted molar refractivity (Wildman–Crippen MR) is 69.8 cm³/mol. The molecule has 0 saturated heterocycles. The molecule has 1 fully saturated rings. The minimum absolute atomic E-state index is 0.213. The number of hydrogen-bond donors (Lipinski definition) is 0. The van der Waals surface area contributed by atoms with Crippen molar-refractivity contribution in [3.8, 4) is 0 Å². The van der Waals surface area contributed by atoms with Crippen molar-refractivity contribution in [1.82, 2.24) is 0 Å². The van der Waals surface area contributed by atoms with Gasteiger partial charge >= 0.3 is 0 Å². The Morgan fingerprint density at radius 1 is 1.12 bits per heavy atom. The molecule has 3 heteroatoms. The van der Waals surface area contributed by atoms with E-state index in [0.29, 0.717) is 17.7 Å². The molecule has 0 atom stereocenters. The van der Waals surface area contributed by atoms with Crippen molar-refractivity contribution in [2.45, 2.75) is 43.8 Å². The predicted octanol–water partition coefficient (Wildman–Crippen LogP) is 3.27. The van der Waals surface area contributed by atoms with Crippen LogP contribution in [-0.2, 0) is 9.84 Å². The van der Waals surface area contributed by atoms with Crippen molar-refractivity contribution in [3.05, 3.63) is 41.0 Å². The first-order chi connectivity index (χ1) is 7.91. The smallest absolute Gasteiger partial charge is 0.181 e. The summed E-state index contributed by atoms with van der Waals surface area (Å²) >= 11 is 0. The summed E-state index contributed by atoms with van der Waals surface area (Å²) in [6.45, 7) is 6.05. The van der Waals surface area contributed by atoms with E-state index in [2.05, 4.69) is 0 Å². The molecule has 0 amide bonds. The van der Waals surface area contributed by atoms with Crippen LogP contribution in [0.5, 0.6) is 0 Å². The lowest BCUT2D eigenvalue weighted by molar-refractivity contribution is 0.548. The van der Waals surface area contributed by atoms with Crippen LogP contribution in [0.2, 0.25) is 0 Å². The molecular formula is C14H18O2S. The van der Waals surface area contributed by atoms with E-state index in [4.69, 9.17) is 0 Å². The molecule has 1 saturated carbocycles. The van der Waals surface area contributed by atoms with Crippen molar-refractivity contribution in [2.24, 2.45) is 0 Å². The molecule has 2 rings (SSSR count). The molecule has 17 heavy (non-hydrogen) atoms. The second-order valence-corrected chi connectivity index (χ2v) is 7.22. The summed E-state index contributed by atoms with van der Waals surface area (Å²) in [7, 11) is -3.12. The van der Waals surface area contributed by atoms with Gasteiger partial charge in [0.1, 0.15) is 0 Å². The normalized spacial score (nSPS) is 19.9. The largest absolute Gasteiger partial charge is 0.223 e. The highest BCUT2D eigenvalue weighted by atomic mass is 32.2. The summed E-state index contributed by atoms with van der Waals surface area (Å²) in [6.07, 6.45) is 1.41. The molecule has 0 N–H and O–H groups in total. The lowest BCUT2D eigenvalue weighted by Crippen LogP contribution is -2.31. The van der Waals surface area contributed by atoms with Gasteiger partial charge < -0.3 is 0 Å². The second kappa shape index (κ2) is 4.30. The summed E-state index contributed by atoms with van der Waals surface area (Å²) in [5, 5.41) is -0.213. The third-order valence-corrected chi connectivity index (χ3v) is 5.58. The average molecular weight is 250 g/mol. The molecule has 0 bridgehead atoms. The van der Waals surface area contributed by atoms with E-state index in [1.165, 1.54) is 11.1 Å². The molecule has 0 unspecified atom stereocenters. The van der Waals surface area contributed by atoms with Gasteiger partial charge in [0, 0.05) is 0 Å². The molecule has 1 aromatic carbocycles. The number of benzene rings is 1. The van der Waals surface area contributed by atoms with Gasteiger partial charge in [0.15, 0.2) is 9.84 Å². The highest BCUT2D eigenvalue weighted by molar-refractivity contribution is 7.92. The summed E-state index contributed by atoms with van der Waals surface area (Å²) in [6, 6.07) is 7.14. The minimum Gasteiger partial charge on any atom is -0.223 e. The Balaban J connectivity index is 2.22. The van der Waals surface area contributed by atoms with E-state index >= 15 is 0 Å². The maximum Gasteiger partial charge on any atom is 0.181 e. The summed E-state index contributed by atoms with van der Waals surface area (Å²) in [5.74, 6) is 0. The Labute approximate surface area is 103 Å². The summed E-state index contributed by atoms with van der Waals surface area (Å²) in [4.78, 5) is 0.459. The number of allylic oxidation sites excluding steroid dienone is 2. The van der Waals surface area contributed by atoms with Gasteiger partial charge in [0.2, 0.25) is 0 Å². The zero-order chi connectivity index (χ0) is 12.6. The standard InChI is InChI=1S/C14H18O2S/c1-10(2)12-8-14(9-12)17(15,16)13-6-4-11(3)5-7-13/h4-7,14H,8-9H2,1-3H3. The van der Waals surface area contributed by atoms with Gasteiger partial charge in [-0.25, -0.2) is 8.42 Å². The van der Waals surface area contributed by atoms with Gasteiger partial charge in [0.25, 0.3) is 0 Å². The van der Waals surface area contributed by atoms with E-state index in [1.54, 1.807) is 12.1 Å². The maximum atomic E-state index is 12.3. The van der Waals surface area contributed by atoms with Gasteiger partial charge in [-0.1, -0.05) is 28.8 Å². The topological polar surface area (TPSA) is 34.1 Å². The maximum absolute atomic E-state index is 12.3. The molecule has 1 aromatic rings. The highest BCUT2D eigenvalue weighted by Crippen LogP contribution is 2.37. The number of hydrogen-bond acceptors (Lipinski definition) is 2. The van der Waals surface area contributed by atoms with E-state index in [-0.39, 0.29) is 5.25 Å². The molecule has 0 spiro atoms. The van der Waals surface area contributed by atoms with Crippen LogP contribution in [0.15, 0.2) is 40.3 Å². The molecule has 2 nitrogen and oxygen atoms in total. The van der Waals surface area contributed by atoms with Crippen LogP contribution < -0.4 is 0 Å². The fourth-order valence-electron chi connectivity index (χ4n) is 2.04.